The quantitative estimate of drug-likeness (QED) is 0.851. The lowest BCUT2D eigenvalue weighted by molar-refractivity contribution is 0.102. The molecule has 0 aliphatic heterocycles. The fourth-order valence-corrected chi connectivity index (χ4v) is 1.51. The summed E-state index contributed by atoms with van der Waals surface area (Å²) in [5.41, 5.74) is -0.438. The van der Waals surface area contributed by atoms with Crippen LogP contribution in [0.1, 0.15) is 10.5 Å². The molecular formula is C13H10F3N3O. The molecule has 2 rings (SSSR count). The molecule has 0 spiro atoms. The van der Waals surface area contributed by atoms with Crippen LogP contribution in [-0.4, -0.2) is 17.9 Å². The molecule has 4 nitrogen and oxygen atoms in total. The average molecular weight is 281 g/mol. The Balaban J connectivity index is 2.25. The molecule has 2 aromatic rings. The molecule has 0 bridgehead atoms. The highest BCUT2D eigenvalue weighted by molar-refractivity contribution is 6.03. The molecular weight excluding hydrogens is 271 g/mol. The molecule has 1 aromatic heterocycles. The van der Waals surface area contributed by atoms with Gasteiger partial charge in [-0.3, -0.25) is 4.79 Å². The Kier molecular flexibility index (Phi) is 3.88. The van der Waals surface area contributed by atoms with E-state index in [9.17, 15) is 18.0 Å². The molecule has 0 saturated heterocycles. The number of pyridine rings is 1. The van der Waals surface area contributed by atoms with Crippen LogP contribution in [0.2, 0.25) is 0 Å². The van der Waals surface area contributed by atoms with E-state index >= 15 is 0 Å². The van der Waals surface area contributed by atoms with Gasteiger partial charge in [-0.2, -0.15) is 0 Å². The lowest BCUT2D eigenvalue weighted by Gasteiger charge is -2.07. The van der Waals surface area contributed by atoms with Gasteiger partial charge in [-0.05, 0) is 24.3 Å². The van der Waals surface area contributed by atoms with Crippen molar-refractivity contribution in [2.45, 2.75) is 0 Å². The normalized spacial score (nSPS) is 10.2. The number of carbonyl (C=O) groups excluding carboxylic acids is 1. The third kappa shape index (κ3) is 2.71. The van der Waals surface area contributed by atoms with Crippen LogP contribution in [0.3, 0.4) is 0 Å². The summed E-state index contributed by atoms with van der Waals surface area (Å²) < 4.78 is 39.2. The van der Waals surface area contributed by atoms with E-state index in [2.05, 4.69) is 15.6 Å². The van der Waals surface area contributed by atoms with Crippen LogP contribution >= 0.6 is 0 Å². The molecule has 7 heteroatoms. The number of anilines is 2. The van der Waals surface area contributed by atoms with E-state index in [0.29, 0.717) is 5.82 Å². The maximum Gasteiger partial charge on any atom is 0.274 e. The SMILES string of the molecule is CNc1cccc(C(=O)Nc2ccc(F)c(F)c2F)n1. The smallest absolute Gasteiger partial charge is 0.274 e. The van der Waals surface area contributed by atoms with Crippen LogP contribution in [0, 0.1) is 17.5 Å². The molecule has 0 aliphatic carbocycles. The molecule has 2 N–H and O–H groups in total. The lowest BCUT2D eigenvalue weighted by Crippen LogP contribution is -2.15. The first-order valence-electron chi connectivity index (χ1n) is 5.62. The van der Waals surface area contributed by atoms with E-state index in [-0.39, 0.29) is 5.69 Å². The first kappa shape index (κ1) is 13.9. The molecule has 0 saturated carbocycles. The Morgan fingerprint density at radius 2 is 1.85 bits per heavy atom. The van der Waals surface area contributed by atoms with Crippen LogP contribution in [-0.2, 0) is 0 Å². The van der Waals surface area contributed by atoms with Crippen molar-refractivity contribution in [2.24, 2.45) is 0 Å². The highest BCUT2D eigenvalue weighted by atomic mass is 19.2. The zero-order valence-electron chi connectivity index (χ0n) is 10.4. The number of halogens is 3. The van der Waals surface area contributed by atoms with E-state index < -0.39 is 29.0 Å². The number of rotatable bonds is 3. The Labute approximate surface area is 112 Å². The van der Waals surface area contributed by atoms with Crippen molar-refractivity contribution in [1.29, 1.82) is 0 Å². The highest BCUT2D eigenvalue weighted by Crippen LogP contribution is 2.20. The summed E-state index contributed by atoms with van der Waals surface area (Å²) in [6.07, 6.45) is 0. The largest absolute Gasteiger partial charge is 0.373 e. The molecule has 0 fully saturated rings. The third-order valence-corrected chi connectivity index (χ3v) is 2.52. The summed E-state index contributed by atoms with van der Waals surface area (Å²) in [7, 11) is 1.62. The van der Waals surface area contributed by atoms with Gasteiger partial charge in [0.1, 0.15) is 11.5 Å². The van der Waals surface area contributed by atoms with Gasteiger partial charge < -0.3 is 10.6 Å². The molecule has 0 unspecified atom stereocenters. The first-order valence-corrected chi connectivity index (χ1v) is 5.62. The van der Waals surface area contributed by atoms with E-state index in [1.807, 2.05) is 0 Å². The second kappa shape index (κ2) is 5.60. The van der Waals surface area contributed by atoms with E-state index in [1.54, 1.807) is 19.2 Å². The van der Waals surface area contributed by atoms with Gasteiger partial charge in [0.05, 0.1) is 5.69 Å². The molecule has 104 valence electrons. The van der Waals surface area contributed by atoms with E-state index in [1.165, 1.54) is 6.07 Å². The number of benzene rings is 1. The number of nitrogens with zero attached hydrogens (tertiary/aromatic N) is 1. The molecule has 20 heavy (non-hydrogen) atoms. The monoisotopic (exact) mass is 281 g/mol. The van der Waals surface area contributed by atoms with Gasteiger partial charge in [0.2, 0.25) is 0 Å². The second-order valence-electron chi connectivity index (χ2n) is 3.84. The fraction of sp³-hybridized carbons (Fsp3) is 0.0769. The van der Waals surface area contributed by atoms with Crippen LogP contribution < -0.4 is 10.6 Å². The highest BCUT2D eigenvalue weighted by Gasteiger charge is 2.16. The minimum Gasteiger partial charge on any atom is -0.373 e. The fourth-order valence-electron chi connectivity index (χ4n) is 1.51. The first-order chi connectivity index (χ1) is 9.52. The summed E-state index contributed by atoms with van der Waals surface area (Å²) in [5, 5.41) is 4.87. The van der Waals surface area contributed by atoms with Crippen LogP contribution in [0.15, 0.2) is 30.3 Å². The summed E-state index contributed by atoms with van der Waals surface area (Å²) in [6.45, 7) is 0. The maximum atomic E-state index is 13.4. The minimum absolute atomic E-state index is 0.0148. The second-order valence-corrected chi connectivity index (χ2v) is 3.84. The van der Waals surface area contributed by atoms with Crippen molar-refractivity contribution in [1.82, 2.24) is 4.98 Å². The number of hydrogen-bond acceptors (Lipinski definition) is 3. The maximum absolute atomic E-state index is 13.4. The van der Waals surface area contributed by atoms with Crippen LogP contribution in [0.5, 0.6) is 0 Å². The van der Waals surface area contributed by atoms with E-state index in [0.717, 1.165) is 12.1 Å². The summed E-state index contributed by atoms with van der Waals surface area (Å²) in [6, 6.07) is 6.29. The zero-order chi connectivity index (χ0) is 14.7. The van der Waals surface area contributed by atoms with Gasteiger partial charge in [-0.25, -0.2) is 18.2 Å². The van der Waals surface area contributed by atoms with Gasteiger partial charge in [0, 0.05) is 7.05 Å². The standard InChI is InChI=1S/C13H10F3N3O/c1-17-10-4-2-3-9(18-10)13(20)19-8-6-5-7(14)11(15)12(8)16/h2-6H,1H3,(H,17,18)(H,19,20). The predicted molar refractivity (Wildman–Crippen MR) is 68.1 cm³/mol. The van der Waals surface area contributed by atoms with E-state index in [4.69, 9.17) is 0 Å². The summed E-state index contributed by atoms with van der Waals surface area (Å²) in [5.74, 6) is -4.70. The van der Waals surface area contributed by atoms with Gasteiger partial charge in [0.25, 0.3) is 5.91 Å². The minimum atomic E-state index is -1.64. The number of hydrogen-bond donors (Lipinski definition) is 2. The van der Waals surface area contributed by atoms with Gasteiger partial charge in [-0.1, -0.05) is 6.07 Å². The van der Waals surface area contributed by atoms with Crippen molar-refractivity contribution in [3.05, 3.63) is 53.5 Å². The number of amides is 1. The molecule has 0 atom stereocenters. The molecule has 1 aromatic carbocycles. The average Bonchev–Trinajstić information content (AvgIpc) is 2.48. The van der Waals surface area contributed by atoms with Crippen LogP contribution in [0.25, 0.3) is 0 Å². The topological polar surface area (TPSA) is 54.0 Å². The summed E-state index contributed by atoms with van der Waals surface area (Å²) >= 11 is 0. The molecule has 1 heterocycles. The number of carbonyl (C=O) groups is 1. The molecule has 0 aliphatic rings. The van der Waals surface area contributed by atoms with Crippen molar-refractivity contribution < 1.29 is 18.0 Å². The van der Waals surface area contributed by atoms with Gasteiger partial charge >= 0.3 is 0 Å². The summed E-state index contributed by atoms with van der Waals surface area (Å²) in [4.78, 5) is 15.8. The zero-order valence-corrected chi connectivity index (χ0v) is 10.4. The van der Waals surface area contributed by atoms with Crippen molar-refractivity contribution >= 4 is 17.4 Å². The Bertz CT molecular complexity index is 661. The van der Waals surface area contributed by atoms with Gasteiger partial charge in [-0.15, -0.1) is 0 Å². The molecule has 1 amide bonds. The Morgan fingerprint density at radius 3 is 2.55 bits per heavy atom. The Morgan fingerprint density at radius 1 is 1.10 bits per heavy atom. The third-order valence-electron chi connectivity index (χ3n) is 2.52. The lowest BCUT2D eigenvalue weighted by atomic mass is 10.2. The van der Waals surface area contributed by atoms with Crippen molar-refractivity contribution in [3.63, 3.8) is 0 Å². The number of nitrogens with one attached hydrogen (secondary N) is 2. The van der Waals surface area contributed by atoms with Crippen LogP contribution in [0.4, 0.5) is 24.7 Å². The van der Waals surface area contributed by atoms with Crippen molar-refractivity contribution in [2.75, 3.05) is 17.7 Å². The van der Waals surface area contributed by atoms with Crippen molar-refractivity contribution in [3.8, 4) is 0 Å². The Hall–Kier alpha value is -2.57. The van der Waals surface area contributed by atoms with Gasteiger partial charge in [0.15, 0.2) is 17.5 Å². The number of aromatic nitrogens is 1. The molecule has 0 radical (unpaired) electrons. The predicted octanol–water partition coefficient (Wildman–Crippen LogP) is 2.79.